The van der Waals surface area contributed by atoms with E-state index in [0.717, 1.165) is 53.0 Å². The van der Waals surface area contributed by atoms with E-state index in [1.54, 1.807) is 24.6 Å². The van der Waals surface area contributed by atoms with Crippen LogP contribution >= 0.6 is 11.3 Å². The van der Waals surface area contributed by atoms with E-state index in [2.05, 4.69) is 40.1 Å². The number of methoxy groups -OCH3 is 1. The third-order valence-corrected chi connectivity index (χ3v) is 8.16. The predicted octanol–water partition coefficient (Wildman–Crippen LogP) is 5.28. The highest BCUT2D eigenvalue weighted by Crippen LogP contribution is 2.35. The second-order valence-electron chi connectivity index (χ2n) is 9.59. The van der Waals surface area contributed by atoms with Crippen molar-refractivity contribution < 1.29 is 19.7 Å². The van der Waals surface area contributed by atoms with Gasteiger partial charge in [0.15, 0.2) is 0 Å². The predicted molar refractivity (Wildman–Crippen MR) is 143 cm³/mol. The zero-order chi connectivity index (χ0) is 25.5. The topological polar surface area (TPSA) is 82.9 Å². The molecule has 3 heterocycles. The first kappa shape index (κ1) is 26.2. The van der Waals surface area contributed by atoms with Crippen molar-refractivity contribution in [1.29, 1.82) is 0 Å². The molecule has 190 valence electrons. The Bertz CT molecular complexity index is 1240. The number of nitrogens with zero attached hydrogens (tertiary/aromatic N) is 2. The largest absolute Gasteiger partial charge is 0.497 e. The van der Waals surface area contributed by atoms with Crippen molar-refractivity contribution >= 4 is 28.2 Å². The summed E-state index contributed by atoms with van der Waals surface area (Å²) in [6.45, 7) is 4.56. The second kappa shape index (κ2) is 12.4. The van der Waals surface area contributed by atoms with E-state index in [9.17, 15) is 15.0 Å². The van der Waals surface area contributed by atoms with Gasteiger partial charge in [0, 0.05) is 24.5 Å². The summed E-state index contributed by atoms with van der Waals surface area (Å²) in [6, 6.07) is 9.67. The average molecular weight is 507 g/mol. The van der Waals surface area contributed by atoms with Gasteiger partial charge in [-0.1, -0.05) is 11.8 Å². The number of carbonyl (C=O) groups is 1. The molecule has 0 aliphatic carbocycles. The number of aliphatic carboxylic acids is 1. The highest BCUT2D eigenvalue weighted by Gasteiger charge is 2.30. The first-order valence-electron chi connectivity index (χ1n) is 12.5. The zero-order valence-electron chi connectivity index (χ0n) is 20.9. The molecule has 0 saturated carbocycles. The zero-order valence-corrected chi connectivity index (χ0v) is 21.8. The lowest BCUT2D eigenvalue weighted by molar-refractivity contribution is -0.137. The Hall–Kier alpha value is -2.92. The molecule has 1 saturated heterocycles. The number of aliphatic hydroxyl groups is 1. The molecule has 1 fully saturated rings. The van der Waals surface area contributed by atoms with Gasteiger partial charge in [-0.2, -0.15) is 0 Å². The minimum atomic E-state index is -0.754. The molecule has 2 N–H and O–H groups in total. The van der Waals surface area contributed by atoms with Crippen LogP contribution in [-0.2, 0) is 4.79 Å². The van der Waals surface area contributed by atoms with E-state index in [1.807, 2.05) is 24.3 Å². The van der Waals surface area contributed by atoms with Gasteiger partial charge in [-0.05, 0) is 97.8 Å². The summed E-state index contributed by atoms with van der Waals surface area (Å²) in [5, 5.41) is 23.4. The summed E-state index contributed by atoms with van der Waals surface area (Å²) in [5.41, 5.74) is 2.90. The molecule has 0 radical (unpaired) electrons. The van der Waals surface area contributed by atoms with Gasteiger partial charge in [0.25, 0.3) is 0 Å². The Kier molecular flexibility index (Phi) is 8.98. The molecule has 1 aliphatic heterocycles. The lowest BCUT2D eigenvalue weighted by Gasteiger charge is -2.38. The molecule has 0 unspecified atom stereocenters. The highest BCUT2D eigenvalue weighted by atomic mass is 32.1. The molecule has 6 nitrogen and oxygen atoms in total. The van der Waals surface area contributed by atoms with Crippen molar-refractivity contribution in [1.82, 2.24) is 9.88 Å². The van der Waals surface area contributed by atoms with Crippen LogP contribution in [-0.4, -0.2) is 52.8 Å². The third-order valence-electron chi connectivity index (χ3n) is 7.22. The maximum Gasteiger partial charge on any atom is 0.303 e. The molecule has 2 aromatic heterocycles. The minimum absolute atomic E-state index is 0.173. The lowest BCUT2D eigenvalue weighted by Crippen LogP contribution is -2.41. The highest BCUT2D eigenvalue weighted by molar-refractivity contribution is 7.10. The number of ether oxygens (including phenoxy) is 1. The summed E-state index contributed by atoms with van der Waals surface area (Å²) >= 11 is 1.67. The summed E-state index contributed by atoms with van der Waals surface area (Å²) in [6.07, 6.45) is 4.42. The van der Waals surface area contributed by atoms with Gasteiger partial charge in [0.1, 0.15) is 5.75 Å². The van der Waals surface area contributed by atoms with Gasteiger partial charge in [-0.25, -0.2) is 0 Å². The van der Waals surface area contributed by atoms with Crippen molar-refractivity contribution in [2.24, 2.45) is 11.8 Å². The number of hydrogen-bond donors (Lipinski definition) is 2. The van der Waals surface area contributed by atoms with Crippen LogP contribution in [0.3, 0.4) is 0 Å². The van der Waals surface area contributed by atoms with Gasteiger partial charge < -0.3 is 14.9 Å². The van der Waals surface area contributed by atoms with Crippen molar-refractivity contribution in [3.05, 3.63) is 57.9 Å². The van der Waals surface area contributed by atoms with Crippen LogP contribution in [0.5, 0.6) is 5.75 Å². The fourth-order valence-corrected chi connectivity index (χ4v) is 5.93. The Balaban J connectivity index is 1.40. The molecule has 4 rings (SSSR count). The Labute approximate surface area is 216 Å². The van der Waals surface area contributed by atoms with Gasteiger partial charge >= 0.3 is 5.97 Å². The summed E-state index contributed by atoms with van der Waals surface area (Å²) in [5.74, 6) is 7.24. The quantitative estimate of drug-likeness (QED) is 0.384. The number of piperidine rings is 1. The van der Waals surface area contributed by atoms with E-state index in [4.69, 9.17) is 4.74 Å². The van der Waals surface area contributed by atoms with E-state index in [0.29, 0.717) is 25.3 Å². The number of carboxylic acids is 1. The smallest absolute Gasteiger partial charge is 0.303 e. The normalized spacial score (nSPS) is 19.0. The maximum atomic E-state index is 11.3. The molecule has 0 amide bonds. The number of rotatable bonds is 9. The molecule has 1 aliphatic rings. The Morgan fingerprint density at radius 1 is 1.28 bits per heavy atom. The number of likely N-dealkylation sites (tertiary alicyclic amines) is 1. The number of benzene rings is 1. The molecule has 36 heavy (non-hydrogen) atoms. The molecule has 7 heteroatoms. The summed E-state index contributed by atoms with van der Waals surface area (Å²) < 4.78 is 5.37. The molecule has 3 aromatic rings. The van der Waals surface area contributed by atoms with E-state index >= 15 is 0 Å². The molecule has 1 aromatic carbocycles. The molecule has 3 atom stereocenters. The molecule has 0 spiro atoms. The van der Waals surface area contributed by atoms with Crippen LogP contribution in [0.15, 0.2) is 41.9 Å². The van der Waals surface area contributed by atoms with Crippen LogP contribution in [0.2, 0.25) is 0 Å². The van der Waals surface area contributed by atoms with Crippen LogP contribution < -0.4 is 4.74 Å². The number of aryl methyl sites for hydroxylation is 1. The average Bonchev–Trinajstić information content (AvgIpc) is 3.30. The summed E-state index contributed by atoms with van der Waals surface area (Å²) in [7, 11) is 1.63. The van der Waals surface area contributed by atoms with Gasteiger partial charge in [0.2, 0.25) is 0 Å². The van der Waals surface area contributed by atoms with Gasteiger partial charge in [0.05, 0.1) is 30.2 Å². The fourth-order valence-electron chi connectivity index (χ4n) is 5.14. The van der Waals surface area contributed by atoms with E-state index < -0.39 is 12.1 Å². The Morgan fingerprint density at radius 2 is 2.14 bits per heavy atom. The second-order valence-corrected chi connectivity index (χ2v) is 10.5. The van der Waals surface area contributed by atoms with Crippen molar-refractivity contribution in [2.45, 2.75) is 45.1 Å². The number of aliphatic hydroxyl groups excluding tert-OH is 1. The maximum absolute atomic E-state index is 11.3. The number of hydrogen-bond acceptors (Lipinski definition) is 6. The number of fused-ring (bicyclic) bond motifs is 1. The monoisotopic (exact) mass is 506 g/mol. The third kappa shape index (κ3) is 6.64. The molecule has 0 bridgehead atoms. The number of thiophene rings is 1. The van der Waals surface area contributed by atoms with E-state index in [-0.39, 0.29) is 12.3 Å². The van der Waals surface area contributed by atoms with Gasteiger partial charge in [-0.15, -0.1) is 11.3 Å². The molecular formula is C29H34N2O4S. The fraction of sp³-hybridized carbons (Fsp3) is 0.448. The number of pyridine rings is 1. The van der Waals surface area contributed by atoms with Crippen molar-refractivity contribution in [3.63, 3.8) is 0 Å². The van der Waals surface area contributed by atoms with Crippen molar-refractivity contribution in [2.75, 3.05) is 26.7 Å². The lowest BCUT2D eigenvalue weighted by atomic mass is 9.79. The summed E-state index contributed by atoms with van der Waals surface area (Å²) in [4.78, 5) is 19.2. The van der Waals surface area contributed by atoms with E-state index in [1.165, 1.54) is 5.56 Å². The number of carboxylic acid groups (broad SMARTS) is 1. The first-order valence-corrected chi connectivity index (χ1v) is 13.4. The van der Waals surface area contributed by atoms with Crippen LogP contribution in [0, 0.1) is 30.6 Å². The van der Waals surface area contributed by atoms with Crippen LogP contribution in [0.25, 0.3) is 10.9 Å². The minimum Gasteiger partial charge on any atom is -0.497 e. The first-order chi connectivity index (χ1) is 17.4. The number of aromatic nitrogens is 1. The Morgan fingerprint density at radius 3 is 2.89 bits per heavy atom. The SMILES string of the molecule is COc1ccc2nccc([C@H](O)CC[C@@H]3CCN(CC#Cc4sccc4C)C[C@H]3CCC(=O)O)c2c1. The van der Waals surface area contributed by atoms with Crippen LogP contribution in [0.1, 0.15) is 54.2 Å². The standard InChI is InChI=1S/C29H34N2O4S/c1-20-13-17-36-28(20)4-3-15-31-16-12-21(22(19-31)6-10-29(33)34)5-9-27(32)24-11-14-30-26-8-7-23(35-2)18-25(24)26/h7-8,11,13-14,17-18,21-22,27,32H,5-6,9-10,12,15-16,19H2,1-2H3,(H,33,34)/t21-,22-,27-/m1/s1. The van der Waals surface area contributed by atoms with Gasteiger partial charge in [-0.3, -0.25) is 14.7 Å². The van der Waals surface area contributed by atoms with Crippen LogP contribution in [0.4, 0.5) is 0 Å². The molecular weight excluding hydrogens is 472 g/mol. The van der Waals surface area contributed by atoms with Crippen molar-refractivity contribution in [3.8, 4) is 17.6 Å².